The highest BCUT2D eigenvalue weighted by molar-refractivity contribution is 6.07. The highest BCUT2D eigenvalue weighted by atomic mass is 19.1. The molecule has 0 aliphatic carbocycles. The van der Waals surface area contributed by atoms with E-state index in [1.807, 2.05) is 0 Å². The molecule has 16 heavy (non-hydrogen) atoms. The molecule has 0 aromatic heterocycles. The number of carbonyl (C=O) groups excluding carboxylic acids is 2. The summed E-state index contributed by atoms with van der Waals surface area (Å²) in [6.45, 7) is 0. The van der Waals surface area contributed by atoms with Gasteiger partial charge < -0.3 is 9.47 Å². The predicted molar refractivity (Wildman–Crippen MR) is 53.9 cm³/mol. The summed E-state index contributed by atoms with van der Waals surface area (Å²) in [5, 5.41) is 0. The molecule has 0 bridgehead atoms. The summed E-state index contributed by atoms with van der Waals surface area (Å²) in [5.41, 5.74) is -0.226. The number of hydrogen-bond donors (Lipinski definition) is 0. The van der Waals surface area contributed by atoms with Crippen molar-refractivity contribution in [3.05, 3.63) is 29.6 Å². The van der Waals surface area contributed by atoms with Gasteiger partial charge in [0.05, 0.1) is 19.8 Å². The molecule has 0 aliphatic heterocycles. The molecule has 86 valence electrons. The Balaban J connectivity index is 3.02. The third-order valence-corrected chi connectivity index (χ3v) is 2.01. The molecule has 0 unspecified atom stereocenters. The number of esters is 1. The van der Waals surface area contributed by atoms with Crippen LogP contribution >= 0.6 is 0 Å². The third kappa shape index (κ3) is 2.56. The second kappa shape index (κ2) is 5.25. The average molecular weight is 226 g/mol. The molecule has 0 saturated carbocycles. The molecule has 5 heteroatoms. The molecule has 0 atom stereocenters. The van der Waals surface area contributed by atoms with Gasteiger partial charge >= 0.3 is 5.97 Å². The van der Waals surface area contributed by atoms with Crippen molar-refractivity contribution in [2.45, 2.75) is 6.42 Å². The van der Waals surface area contributed by atoms with E-state index in [1.165, 1.54) is 19.2 Å². The van der Waals surface area contributed by atoms with E-state index in [1.54, 1.807) is 0 Å². The minimum atomic E-state index is -0.715. The largest absolute Gasteiger partial charge is 0.496 e. The van der Waals surface area contributed by atoms with E-state index in [-0.39, 0.29) is 11.3 Å². The first-order chi connectivity index (χ1) is 7.60. The number of rotatable bonds is 4. The van der Waals surface area contributed by atoms with E-state index in [0.717, 1.165) is 13.2 Å². The Bertz CT molecular complexity index is 414. The van der Waals surface area contributed by atoms with Gasteiger partial charge in [-0.3, -0.25) is 9.59 Å². The fourth-order valence-electron chi connectivity index (χ4n) is 1.24. The van der Waals surface area contributed by atoms with Crippen LogP contribution in [-0.4, -0.2) is 26.0 Å². The molecule has 1 aromatic rings. The van der Waals surface area contributed by atoms with Crippen LogP contribution in [0, 0.1) is 5.82 Å². The third-order valence-electron chi connectivity index (χ3n) is 2.01. The number of Topliss-reactive ketones (excluding diaryl/α,β-unsaturated/α-hetero) is 1. The lowest BCUT2D eigenvalue weighted by Crippen LogP contribution is -2.12. The Morgan fingerprint density at radius 1 is 1.31 bits per heavy atom. The second-order valence-corrected chi connectivity index (χ2v) is 2.99. The maximum atomic E-state index is 13.4. The number of benzene rings is 1. The molecule has 0 N–H and O–H groups in total. The van der Waals surface area contributed by atoms with Crippen molar-refractivity contribution in [3.8, 4) is 5.75 Å². The molecule has 0 fully saturated rings. The Kier molecular flexibility index (Phi) is 3.99. The highest BCUT2D eigenvalue weighted by Crippen LogP contribution is 2.22. The quantitative estimate of drug-likeness (QED) is 0.444. The van der Waals surface area contributed by atoms with Crippen LogP contribution < -0.4 is 4.74 Å². The summed E-state index contributed by atoms with van der Waals surface area (Å²) < 4.78 is 22.6. The molecule has 1 aromatic carbocycles. The zero-order valence-electron chi connectivity index (χ0n) is 8.95. The van der Waals surface area contributed by atoms with Crippen LogP contribution in [-0.2, 0) is 9.53 Å². The Morgan fingerprint density at radius 2 is 2.00 bits per heavy atom. The van der Waals surface area contributed by atoms with Crippen molar-refractivity contribution in [2.24, 2.45) is 0 Å². The van der Waals surface area contributed by atoms with Crippen LogP contribution in [0.15, 0.2) is 18.2 Å². The highest BCUT2D eigenvalue weighted by Gasteiger charge is 2.20. The number of methoxy groups -OCH3 is 2. The van der Waals surface area contributed by atoms with Gasteiger partial charge in [0.25, 0.3) is 0 Å². The van der Waals surface area contributed by atoms with Gasteiger partial charge in [-0.05, 0) is 12.1 Å². The molecular formula is C11H11FO4. The normalized spacial score (nSPS) is 9.69. The summed E-state index contributed by atoms with van der Waals surface area (Å²) in [5.74, 6) is -1.99. The Labute approximate surface area is 92.0 Å². The summed E-state index contributed by atoms with van der Waals surface area (Å²) in [4.78, 5) is 22.5. The summed E-state index contributed by atoms with van der Waals surface area (Å²) >= 11 is 0. The van der Waals surface area contributed by atoms with E-state index < -0.39 is 24.0 Å². The number of halogens is 1. The fourth-order valence-corrected chi connectivity index (χ4v) is 1.24. The molecule has 4 nitrogen and oxygen atoms in total. The van der Waals surface area contributed by atoms with Gasteiger partial charge in [-0.2, -0.15) is 0 Å². The monoisotopic (exact) mass is 226 g/mol. The average Bonchev–Trinajstić information content (AvgIpc) is 2.28. The van der Waals surface area contributed by atoms with Crippen LogP contribution in [0.1, 0.15) is 16.8 Å². The van der Waals surface area contributed by atoms with E-state index in [0.29, 0.717) is 0 Å². The van der Waals surface area contributed by atoms with Crippen molar-refractivity contribution in [1.29, 1.82) is 0 Å². The lowest BCUT2D eigenvalue weighted by Gasteiger charge is -2.07. The number of hydrogen-bond acceptors (Lipinski definition) is 4. The molecule has 0 heterocycles. The smallest absolute Gasteiger partial charge is 0.313 e. The molecule has 1 rings (SSSR count). The van der Waals surface area contributed by atoms with Gasteiger partial charge in [-0.15, -0.1) is 0 Å². The first kappa shape index (κ1) is 12.2. The van der Waals surface area contributed by atoms with E-state index >= 15 is 0 Å². The first-order valence-electron chi connectivity index (χ1n) is 4.52. The zero-order chi connectivity index (χ0) is 12.1. The van der Waals surface area contributed by atoms with Gasteiger partial charge in [0, 0.05) is 0 Å². The SMILES string of the molecule is COC(=O)CC(=O)c1c(F)cccc1OC. The van der Waals surface area contributed by atoms with Gasteiger partial charge in [0.15, 0.2) is 5.78 Å². The predicted octanol–water partition coefficient (Wildman–Crippen LogP) is 1.58. The summed E-state index contributed by atoms with van der Waals surface area (Å²) in [7, 11) is 2.48. The minimum absolute atomic E-state index is 0.105. The minimum Gasteiger partial charge on any atom is -0.496 e. The molecule has 0 radical (unpaired) electrons. The van der Waals surface area contributed by atoms with Crippen molar-refractivity contribution in [2.75, 3.05) is 14.2 Å². The molecule has 0 spiro atoms. The molecule has 0 aliphatic rings. The van der Waals surface area contributed by atoms with Crippen LogP contribution in [0.2, 0.25) is 0 Å². The van der Waals surface area contributed by atoms with E-state index in [4.69, 9.17) is 4.74 Å². The van der Waals surface area contributed by atoms with Crippen molar-refractivity contribution < 1.29 is 23.5 Å². The van der Waals surface area contributed by atoms with Crippen LogP contribution in [0.3, 0.4) is 0 Å². The van der Waals surface area contributed by atoms with Gasteiger partial charge in [0.2, 0.25) is 0 Å². The Hall–Kier alpha value is -1.91. The molecular weight excluding hydrogens is 215 g/mol. The van der Waals surface area contributed by atoms with Gasteiger partial charge in [0.1, 0.15) is 18.0 Å². The second-order valence-electron chi connectivity index (χ2n) is 2.99. The van der Waals surface area contributed by atoms with Crippen LogP contribution in [0.5, 0.6) is 5.75 Å². The van der Waals surface area contributed by atoms with Crippen molar-refractivity contribution in [3.63, 3.8) is 0 Å². The summed E-state index contributed by atoms with van der Waals surface area (Å²) in [6, 6.07) is 4.00. The van der Waals surface area contributed by atoms with Crippen molar-refractivity contribution >= 4 is 11.8 Å². The van der Waals surface area contributed by atoms with Crippen LogP contribution in [0.4, 0.5) is 4.39 Å². The van der Waals surface area contributed by atoms with E-state index in [2.05, 4.69) is 4.74 Å². The van der Waals surface area contributed by atoms with Crippen LogP contribution in [0.25, 0.3) is 0 Å². The van der Waals surface area contributed by atoms with Gasteiger partial charge in [-0.1, -0.05) is 6.07 Å². The molecule has 0 saturated heterocycles. The standard InChI is InChI=1S/C11H11FO4/c1-15-9-5-3-4-7(12)11(9)8(13)6-10(14)16-2/h3-5H,6H2,1-2H3. The van der Waals surface area contributed by atoms with Crippen molar-refractivity contribution in [1.82, 2.24) is 0 Å². The maximum Gasteiger partial charge on any atom is 0.313 e. The molecule has 0 amide bonds. The van der Waals surface area contributed by atoms with Gasteiger partial charge in [-0.25, -0.2) is 4.39 Å². The zero-order valence-corrected chi connectivity index (χ0v) is 8.95. The summed E-state index contributed by atoms with van der Waals surface area (Å²) in [6.07, 6.45) is -0.506. The number of ketones is 1. The fraction of sp³-hybridized carbons (Fsp3) is 0.273. The first-order valence-corrected chi connectivity index (χ1v) is 4.52. The number of carbonyl (C=O) groups is 2. The Morgan fingerprint density at radius 3 is 2.56 bits per heavy atom. The maximum absolute atomic E-state index is 13.4. The lowest BCUT2D eigenvalue weighted by molar-refractivity contribution is -0.139. The number of ether oxygens (including phenoxy) is 2. The topological polar surface area (TPSA) is 52.6 Å². The lowest BCUT2D eigenvalue weighted by atomic mass is 10.1. The van der Waals surface area contributed by atoms with E-state index in [9.17, 15) is 14.0 Å².